The topological polar surface area (TPSA) is 84.2 Å². The third-order valence-electron chi connectivity index (χ3n) is 3.57. The van der Waals surface area contributed by atoms with Gasteiger partial charge in [-0.05, 0) is 31.4 Å². The summed E-state index contributed by atoms with van der Waals surface area (Å²) >= 11 is 0. The van der Waals surface area contributed by atoms with Crippen molar-refractivity contribution in [2.75, 3.05) is 0 Å². The molecule has 0 saturated heterocycles. The lowest BCUT2D eigenvalue weighted by molar-refractivity contribution is -0.139. The number of hydrogen-bond donors (Lipinski definition) is 2. The Labute approximate surface area is 135 Å². The highest BCUT2D eigenvalue weighted by Crippen LogP contribution is 2.14. The normalized spacial score (nSPS) is 12.2. The quantitative estimate of drug-likeness (QED) is 0.857. The third kappa shape index (κ3) is 3.97. The number of hydrogen-bond acceptors (Lipinski definition) is 3. The summed E-state index contributed by atoms with van der Waals surface area (Å²) in [4.78, 5) is 23.7. The minimum Gasteiger partial charge on any atom is -0.480 e. The average Bonchev–Trinajstić information content (AvgIpc) is 2.88. The highest BCUT2D eigenvalue weighted by molar-refractivity contribution is 5.97. The molecule has 122 valence electrons. The molecule has 0 unspecified atom stereocenters. The molecule has 2 rings (SSSR count). The number of nitrogens with zero attached hydrogens (tertiary/aromatic N) is 2. The maximum Gasteiger partial charge on any atom is 0.326 e. The van der Waals surface area contributed by atoms with E-state index in [4.69, 9.17) is 0 Å². The van der Waals surface area contributed by atoms with Crippen LogP contribution in [0.5, 0.6) is 0 Å². The molecule has 0 spiro atoms. The second-order valence-electron chi connectivity index (χ2n) is 5.88. The molecule has 23 heavy (non-hydrogen) atoms. The van der Waals surface area contributed by atoms with Crippen molar-refractivity contribution in [3.63, 3.8) is 0 Å². The molecule has 2 aromatic rings. The fraction of sp³-hybridized carbons (Fsp3) is 0.353. The van der Waals surface area contributed by atoms with E-state index >= 15 is 0 Å². The largest absolute Gasteiger partial charge is 0.480 e. The molecule has 0 aliphatic rings. The number of amides is 1. The molecular formula is C17H21N3O3. The first-order valence-corrected chi connectivity index (χ1v) is 7.54. The Hall–Kier alpha value is -2.63. The molecule has 0 bridgehead atoms. The molecule has 0 aliphatic carbocycles. The Bertz CT molecular complexity index is 692. The highest BCUT2D eigenvalue weighted by atomic mass is 16.4. The number of carboxylic acid groups (broad SMARTS) is 1. The molecule has 0 saturated carbocycles. The van der Waals surface area contributed by atoms with Crippen molar-refractivity contribution < 1.29 is 14.7 Å². The predicted molar refractivity (Wildman–Crippen MR) is 86.6 cm³/mol. The number of rotatable bonds is 6. The Morgan fingerprint density at radius 2 is 1.91 bits per heavy atom. The van der Waals surface area contributed by atoms with Gasteiger partial charge in [-0.3, -0.25) is 4.79 Å². The lowest BCUT2D eigenvalue weighted by atomic mass is 10.0. The monoisotopic (exact) mass is 315 g/mol. The summed E-state index contributed by atoms with van der Waals surface area (Å²) in [7, 11) is 0. The second kappa shape index (κ2) is 7.09. The van der Waals surface area contributed by atoms with Crippen LogP contribution in [0.15, 0.2) is 36.5 Å². The molecule has 1 aromatic heterocycles. The lowest BCUT2D eigenvalue weighted by Crippen LogP contribution is -2.41. The van der Waals surface area contributed by atoms with E-state index in [0.29, 0.717) is 17.7 Å². The van der Waals surface area contributed by atoms with Crippen molar-refractivity contribution in [1.29, 1.82) is 0 Å². The van der Waals surface area contributed by atoms with E-state index in [1.165, 1.54) is 6.20 Å². The minimum atomic E-state index is -1.03. The zero-order valence-corrected chi connectivity index (χ0v) is 13.5. The summed E-state index contributed by atoms with van der Waals surface area (Å²) in [6.07, 6.45) is 1.85. The van der Waals surface area contributed by atoms with E-state index in [0.717, 1.165) is 5.69 Å². The number of carbonyl (C=O) groups is 2. The number of aromatic nitrogens is 2. The Kier molecular flexibility index (Phi) is 5.16. The van der Waals surface area contributed by atoms with E-state index < -0.39 is 17.9 Å². The zero-order chi connectivity index (χ0) is 17.0. The van der Waals surface area contributed by atoms with E-state index in [2.05, 4.69) is 10.4 Å². The van der Waals surface area contributed by atoms with Gasteiger partial charge in [0.15, 0.2) is 0 Å². The molecule has 6 nitrogen and oxygen atoms in total. The molecule has 2 N–H and O–H groups in total. The van der Waals surface area contributed by atoms with Crippen LogP contribution in [0, 0.1) is 12.8 Å². The summed E-state index contributed by atoms with van der Waals surface area (Å²) in [5.74, 6) is -1.28. The maximum absolute atomic E-state index is 12.4. The zero-order valence-electron chi connectivity index (χ0n) is 13.5. The van der Waals surface area contributed by atoms with Crippen LogP contribution in [0.25, 0.3) is 5.69 Å². The van der Waals surface area contributed by atoms with Crippen LogP contribution >= 0.6 is 0 Å². The summed E-state index contributed by atoms with van der Waals surface area (Å²) in [5.41, 5.74) is 1.90. The maximum atomic E-state index is 12.4. The van der Waals surface area contributed by atoms with E-state index in [9.17, 15) is 14.7 Å². The van der Waals surface area contributed by atoms with Gasteiger partial charge in [0.2, 0.25) is 0 Å². The van der Waals surface area contributed by atoms with Crippen molar-refractivity contribution in [2.45, 2.75) is 33.2 Å². The Morgan fingerprint density at radius 1 is 1.26 bits per heavy atom. The summed E-state index contributed by atoms with van der Waals surface area (Å²) in [6.45, 7) is 5.62. The fourth-order valence-electron chi connectivity index (χ4n) is 2.39. The Balaban J connectivity index is 2.20. The number of para-hydroxylation sites is 1. The van der Waals surface area contributed by atoms with E-state index in [1.807, 2.05) is 44.2 Å². The van der Waals surface area contributed by atoms with Crippen LogP contribution in [0.1, 0.15) is 36.3 Å². The van der Waals surface area contributed by atoms with Crippen LogP contribution in [-0.2, 0) is 4.79 Å². The molecule has 1 amide bonds. The van der Waals surface area contributed by atoms with Gasteiger partial charge in [-0.2, -0.15) is 5.10 Å². The number of aliphatic carboxylic acids is 1. The first kappa shape index (κ1) is 16.7. The number of carboxylic acids is 1. The molecule has 0 radical (unpaired) electrons. The van der Waals surface area contributed by atoms with Gasteiger partial charge in [0.25, 0.3) is 5.91 Å². The van der Waals surface area contributed by atoms with Gasteiger partial charge in [-0.15, -0.1) is 0 Å². The molecule has 6 heteroatoms. The van der Waals surface area contributed by atoms with Crippen LogP contribution in [0.3, 0.4) is 0 Å². The van der Waals surface area contributed by atoms with Gasteiger partial charge in [-0.1, -0.05) is 32.0 Å². The van der Waals surface area contributed by atoms with Gasteiger partial charge in [0, 0.05) is 0 Å². The number of carbonyl (C=O) groups excluding carboxylic acids is 1. The molecule has 1 aromatic carbocycles. The van der Waals surface area contributed by atoms with Crippen LogP contribution in [0.2, 0.25) is 0 Å². The SMILES string of the molecule is Cc1c(C(=O)N[C@H](CC(C)C)C(=O)O)cnn1-c1ccccc1. The first-order chi connectivity index (χ1) is 10.9. The molecule has 1 heterocycles. The Morgan fingerprint density at radius 3 is 2.48 bits per heavy atom. The van der Waals surface area contributed by atoms with Crippen molar-refractivity contribution in [3.8, 4) is 5.69 Å². The van der Waals surface area contributed by atoms with E-state index in [1.54, 1.807) is 11.6 Å². The first-order valence-electron chi connectivity index (χ1n) is 7.54. The van der Waals surface area contributed by atoms with Gasteiger partial charge in [0.05, 0.1) is 23.1 Å². The smallest absolute Gasteiger partial charge is 0.326 e. The second-order valence-corrected chi connectivity index (χ2v) is 5.88. The van der Waals surface area contributed by atoms with Gasteiger partial charge in [0.1, 0.15) is 6.04 Å². The van der Waals surface area contributed by atoms with Gasteiger partial charge >= 0.3 is 5.97 Å². The lowest BCUT2D eigenvalue weighted by Gasteiger charge is -2.16. The standard InChI is InChI=1S/C17H21N3O3/c1-11(2)9-15(17(22)23)19-16(21)14-10-18-20(12(14)3)13-7-5-4-6-8-13/h4-8,10-11,15H,9H2,1-3H3,(H,19,21)(H,22,23)/t15-/m1/s1. The van der Waals surface area contributed by atoms with E-state index in [-0.39, 0.29) is 5.92 Å². The molecule has 0 aliphatic heterocycles. The van der Waals surface area contributed by atoms with Crippen molar-refractivity contribution >= 4 is 11.9 Å². The molecular weight excluding hydrogens is 294 g/mol. The van der Waals surface area contributed by atoms with Crippen LogP contribution < -0.4 is 5.32 Å². The van der Waals surface area contributed by atoms with Crippen molar-refractivity contribution in [2.24, 2.45) is 5.92 Å². The minimum absolute atomic E-state index is 0.171. The summed E-state index contributed by atoms with van der Waals surface area (Å²) in [6, 6.07) is 8.56. The number of nitrogens with one attached hydrogen (secondary N) is 1. The average molecular weight is 315 g/mol. The van der Waals surface area contributed by atoms with Gasteiger partial charge < -0.3 is 10.4 Å². The molecule has 1 atom stereocenters. The molecule has 0 fully saturated rings. The highest BCUT2D eigenvalue weighted by Gasteiger charge is 2.23. The third-order valence-corrected chi connectivity index (χ3v) is 3.57. The predicted octanol–water partition coefficient (Wildman–Crippen LogP) is 2.41. The summed E-state index contributed by atoms with van der Waals surface area (Å²) < 4.78 is 1.66. The van der Waals surface area contributed by atoms with Crippen LogP contribution in [-0.4, -0.2) is 32.8 Å². The van der Waals surface area contributed by atoms with Crippen molar-refractivity contribution in [1.82, 2.24) is 15.1 Å². The van der Waals surface area contributed by atoms with Gasteiger partial charge in [-0.25, -0.2) is 9.48 Å². The number of benzene rings is 1. The van der Waals surface area contributed by atoms with Crippen LogP contribution in [0.4, 0.5) is 0 Å². The van der Waals surface area contributed by atoms with Crippen molar-refractivity contribution in [3.05, 3.63) is 47.8 Å². The summed E-state index contributed by atoms with van der Waals surface area (Å²) in [5, 5.41) is 16.0. The fourth-order valence-corrected chi connectivity index (χ4v) is 2.39.